The van der Waals surface area contributed by atoms with E-state index in [4.69, 9.17) is 11.6 Å². The molecule has 1 aliphatic carbocycles. The summed E-state index contributed by atoms with van der Waals surface area (Å²) in [5.41, 5.74) is 2.38. The fourth-order valence-electron chi connectivity index (χ4n) is 3.13. The van der Waals surface area contributed by atoms with Crippen LogP contribution in [0.5, 0.6) is 0 Å². The number of hydrogen-bond donors (Lipinski definition) is 0. The van der Waals surface area contributed by atoms with Gasteiger partial charge in [0.1, 0.15) is 5.82 Å². The Balaban J connectivity index is 1.95. The van der Waals surface area contributed by atoms with E-state index in [1.54, 1.807) is 12.1 Å². The van der Waals surface area contributed by atoms with Gasteiger partial charge in [-0.1, -0.05) is 41.9 Å². The molecule has 0 saturated heterocycles. The zero-order valence-electron chi connectivity index (χ0n) is 11.6. The van der Waals surface area contributed by atoms with Crippen LogP contribution in [-0.4, -0.2) is 0 Å². The number of nitriles is 1. The molecule has 0 bridgehead atoms. The van der Waals surface area contributed by atoms with Crippen molar-refractivity contribution in [1.29, 1.82) is 5.26 Å². The fraction of sp³-hybridized carbons (Fsp3) is 0.278. The van der Waals surface area contributed by atoms with Crippen LogP contribution < -0.4 is 0 Å². The largest absolute Gasteiger partial charge is 0.207 e. The predicted molar refractivity (Wildman–Crippen MR) is 81.6 cm³/mol. The number of rotatable bonds is 2. The molecular weight excluding hydrogens is 285 g/mol. The van der Waals surface area contributed by atoms with E-state index < -0.39 is 5.41 Å². The first-order chi connectivity index (χ1) is 10.1. The van der Waals surface area contributed by atoms with Gasteiger partial charge in [-0.25, -0.2) is 4.39 Å². The number of halogens is 2. The van der Waals surface area contributed by atoms with Crippen molar-refractivity contribution < 1.29 is 4.39 Å². The van der Waals surface area contributed by atoms with Crippen LogP contribution in [0.15, 0.2) is 42.5 Å². The van der Waals surface area contributed by atoms with Crippen LogP contribution in [0.25, 0.3) is 0 Å². The molecule has 3 rings (SSSR count). The first-order valence-corrected chi connectivity index (χ1v) is 7.42. The van der Waals surface area contributed by atoms with E-state index in [0.29, 0.717) is 23.4 Å². The smallest absolute Gasteiger partial charge is 0.127 e. The highest BCUT2D eigenvalue weighted by Gasteiger charge is 2.36. The highest BCUT2D eigenvalue weighted by Crippen LogP contribution is 2.39. The van der Waals surface area contributed by atoms with E-state index in [1.807, 2.05) is 12.1 Å². The molecule has 2 aromatic rings. The zero-order valence-corrected chi connectivity index (χ0v) is 12.3. The van der Waals surface area contributed by atoms with Gasteiger partial charge in [-0.3, -0.25) is 0 Å². The van der Waals surface area contributed by atoms with Crippen LogP contribution in [0.3, 0.4) is 0 Å². The summed E-state index contributed by atoms with van der Waals surface area (Å²) in [7, 11) is 0. The Morgan fingerprint density at radius 3 is 2.62 bits per heavy atom. The van der Waals surface area contributed by atoms with Gasteiger partial charge in [0, 0.05) is 10.6 Å². The zero-order chi connectivity index (χ0) is 14.9. The quantitative estimate of drug-likeness (QED) is 0.787. The SMILES string of the molecule is N#CC1(Cc2c(F)cccc2Cl)CCc2ccccc2C1. The highest BCUT2D eigenvalue weighted by molar-refractivity contribution is 6.31. The van der Waals surface area contributed by atoms with Crippen molar-refractivity contribution in [3.63, 3.8) is 0 Å². The molecule has 0 aliphatic heterocycles. The van der Waals surface area contributed by atoms with Gasteiger partial charge in [-0.15, -0.1) is 0 Å². The summed E-state index contributed by atoms with van der Waals surface area (Å²) in [6, 6.07) is 15.3. The fourth-order valence-corrected chi connectivity index (χ4v) is 3.36. The van der Waals surface area contributed by atoms with E-state index in [2.05, 4.69) is 18.2 Å². The van der Waals surface area contributed by atoms with Crippen LogP contribution in [0.4, 0.5) is 4.39 Å². The summed E-state index contributed by atoms with van der Waals surface area (Å²) in [5, 5.41) is 10.1. The topological polar surface area (TPSA) is 23.8 Å². The molecule has 1 aliphatic rings. The van der Waals surface area contributed by atoms with Crippen molar-refractivity contribution in [3.05, 3.63) is 70.0 Å². The van der Waals surface area contributed by atoms with Crippen molar-refractivity contribution >= 4 is 11.6 Å². The van der Waals surface area contributed by atoms with Gasteiger partial charge in [0.15, 0.2) is 0 Å². The van der Waals surface area contributed by atoms with E-state index in [1.165, 1.54) is 17.2 Å². The Labute approximate surface area is 129 Å². The Hall–Kier alpha value is -1.85. The van der Waals surface area contributed by atoms with Crippen molar-refractivity contribution in [1.82, 2.24) is 0 Å². The molecule has 21 heavy (non-hydrogen) atoms. The Kier molecular flexibility index (Phi) is 3.69. The van der Waals surface area contributed by atoms with Crippen molar-refractivity contribution in [2.45, 2.75) is 25.7 Å². The summed E-state index contributed by atoms with van der Waals surface area (Å²) in [4.78, 5) is 0. The normalized spacial score (nSPS) is 20.6. The molecule has 0 N–H and O–H groups in total. The van der Waals surface area contributed by atoms with Crippen LogP contribution in [0, 0.1) is 22.6 Å². The molecule has 0 saturated carbocycles. The first kappa shape index (κ1) is 14.1. The third-order valence-electron chi connectivity index (χ3n) is 4.33. The second-order valence-corrected chi connectivity index (χ2v) is 6.12. The Morgan fingerprint density at radius 1 is 1.14 bits per heavy atom. The van der Waals surface area contributed by atoms with Crippen LogP contribution in [0.1, 0.15) is 23.1 Å². The first-order valence-electron chi connectivity index (χ1n) is 7.04. The lowest BCUT2D eigenvalue weighted by Crippen LogP contribution is -2.30. The maximum absolute atomic E-state index is 14.0. The average Bonchev–Trinajstić information content (AvgIpc) is 2.51. The standard InChI is InChI=1S/C18H15ClFN/c19-16-6-3-7-17(20)15(16)11-18(12-21)9-8-13-4-1-2-5-14(13)10-18/h1-7H,8-11H2. The minimum Gasteiger partial charge on any atom is -0.207 e. The molecule has 1 nitrogen and oxygen atoms in total. The lowest BCUT2D eigenvalue weighted by Gasteiger charge is -2.32. The summed E-state index contributed by atoms with van der Waals surface area (Å²) < 4.78 is 14.0. The van der Waals surface area contributed by atoms with Crippen LogP contribution in [0.2, 0.25) is 5.02 Å². The van der Waals surface area contributed by atoms with E-state index >= 15 is 0 Å². The predicted octanol–water partition coefficient (Wildman–Crippen LogP) is 4.72. The van der Waals surface area contributed by atoms with Gasteiger partial charge in [0.05, 0.1) is 11.5 Å². The molecule has 1 unspecified atom stereocenters. The summed E-state index contributed by atoms with van der Waals surface area (Å²) >= 11 is 6.12. The molecule has 0 heterocycles. The van der Waals surface area contributed by atoms with Crippen molar-refractivity contribution in [2.75, 3.05) is 0 Å². The minimum atomic E-state index is -0.569. The molecular formula is C18H15ClFN. The third-order valence-corrected chi connectivity index (χ3v) is 4.69. The average molecular weight is 300 g/mol. The lowest BCUT2D eigenvalue weighted by atomic mass is 9.69. The summed E-state index contributed by atoms with van der Waals surface area (Å²) in [6.07, 6.45) is 2.62. The van der Waals surface area contributed by atoms with Crippen molar-refractivity contribution in [2.24, 2.45) is 5.41 Å². The molecule has 0 spiro atoms. The lowest BCUT2D eigenvalue weighted by molar-refractivity contribution is 0.335. The van der Waals surface area contributed by atoms with Crippen LogP contribution in [-0.2, 0) is 19.3 Å². The molecule has 3 heteroatoms. The Bertz CT molecular complexity index is 699. The number of fused-ring (bicyclic) bond motifs is 1. The van der Waals surface area contributed by atoms with Gasteiger partial charge >= 0.3 is 0 Å². The molecule has 1 atom stereocenters. The van der Waals surface area contributed by atoms with Gasteiger partial charge in [0.2, 0.25) is 0 Å². The molecule has 106 valence electrons. The molecule has 0 aromatic heterocycles. The Morgan fingerprint density at radius 2 is 1.90 bits per heavy atom. The molecule has 2 aromatic carbocycles. The molecule has 0 radical (unpaired) electrons. The second-order valence-electron chi connectivity index (χ2n) is 5.71. The van der Waals surface area contributed by atoms with E-state index in [0.717, 1.165) is 12.8 Å². The summed E-state index contributed by atoms with van der Waals surface area (Å²) in [5.74, 6) is -0.323. The van der Waals surface area contributed by atoms with Crippen molar-refractivity contribution in [3.8, 4) is 6.07 Å². The van der Waals surface area contributed by atoms with Gasteiger partial charge in [0.25, 0.3) is 0 Å². The number of aryl methyl sites for hydroxylation is 1. The third kappa shape index (κ3) is 2.66. The van der Waals surface area contributed by atoms with E-state index in [-0.39, 0.29) is 5.82 Å². The van der Waals surface area contributed by atoms with Gasteiger partial charge in [-0.2, -0.15) is 5.26 Å². The second kappa shape index (κ2) is 5.50. The molecule has 0 amide bonds. The van der Waals surface area contributed by atoms with E-state index in [9.17, 15) is 9.65 Å². The maximum atomic E-state index is 14.0. The number of hydrogen-bond acceptors (Lipinski definition) is 1. The summed E-state index contributed by atoms with van der Waals surface area (Å²) in [6.45, 7) is 0. The molecule has 0 fully saturated rings. The van der Waals surface area contributed by atoms with Crippen LogP contribution >= 0.6 is 11.6 Å². The van der Waals surface area contributed by atoms with Gasteiger partial charge in [-0.05, 0) is 48.9 Å². The minimum absolute atomic E-state index is 0.323. The number of benzene rings is 2. The maximum Gasteiger partial charge on any atom is 0.127 e. The number of nitrogens with zero attached hydrogens (tertiary/aromatic N) is 1. The monoisotopic (exact) mass is 299 g/mol. The highest BCUT2D eigenvalue weighted by atomic mass is 35.5. The van der Waals surface area contributed by atoms with Gasteiger partial charge < -0.3 is 0 Å².